The summed E-state index contributed by atoms with van der Waals surface area (Å²) in [6.07, 6.45) is 1.16. The van der Waals surface area contributed by atoms with Gasteiger partial charge in [0.15, 0.2) is 0 Å². The number of aryl methyl sites for hydroxylation is 1. The highest BCUT2D eigenvalue weighted by Crippen LogP contribution is 2.17. The van der Waals surface area contributed by atoms with Gasteiger partial charge < -0.3 is 0 Å². The van der Waals surface area contributed by atoms with Gasteiger partial charge in [0.25, 0.3) is 10.1 Å². The van der Waals surface area contributed by atoms with Crippen molar-refractivity contribution < 1.29 is 12.6 Å². The summed E-state index contributed by atoms with van der Waals surface area (Å²) in [6.45, 7) is 5.75. The van der Waals surface area contributed by atoms with Crippen LogP contribution in [-0.2, 0) is 14.3 Å². The topological polar surface area (TPSA) is 43.4 Å². The van der Waals surface area contributed by atoms with Crippen molar-refractivity contribution in [3.05, 3.63) is 29.8 Å². The molecular formula is C12H18O3S. The van der Waals surface area contributed by atoms with E-state index in [0.717, 1.165) is 5.56 Å². The van der Waals surface area contributed by atoms with E-state index in [1.165, 1.54) is 0 Å². The highest BCUT2D eigenvalue weighted by molar-refractivity contribution is 7.86. The van der Waals surface area contributed by atoms with Crippen molar-refractivity contribution in [2.75, 3.05) is 0 Å². The summed E-state index contributed by atoms with van der Waals surface area (Å²) in [7, 11) is -3.60. The van der Waals surface area contributed by atoms with Gasteiger partial charge in [-0.15, -0.1) is 0 Å². The number of rotatable bonds is 5. The van der Waals surface area contributed by atoms with E-state index in [-0.39, 0.29) is 11.0 Å². The molecule has 0 aromatic heterocycles. The predicted molar refractivity (Wildman–Crippen MR) is 63.8 cm³/mol. The molecule has 3 nitrogen and oxygen atoms in total. The van der Waals surface area contributed by atoms with E-state index in [4.69, 9.17) is 4.18 Å². The first-order chi connectivity index (χ1) is 7.49. The minimum absolute atomic E-state index is 0.227. The Morgan fingerprint density at radius 2 is 1.62 bits per heavy atom. The van der Waals surface area contributed by atoms with Crippen LogP contribution in [0.1, 0.15) is 32.3 Å². The summed E-state index contributed by atoms with van der Waals surface area (Å²) >= 11 is 0. The second-order valence-corrected chi connectivity index (χ2v) is 5.37. The minimum Gasteiger partial charge on any atom is -0.263 e. The molecule has 0 saturated heterocycles. The lowest BCUT2D eigenvalue weighted by Crippen LogP contribution is -2.17. The van der Waals surface area contributed by atoms with Gasteiger partial charge in [-0.3, -0.25) is 4.18 Å². The lowest BCUT2D eigenvalue weighted by atomic mass is 10.2. The summed E-state index contributed by atoms with van der Waals surface area (Å²) in [6, 6.07) is 6.69. The largest absolute Gasteiger partial charge is 0.297 e. The molecule has 1 aromatic carbocycles. The van der Waals surface area contributed by atoms with Crippen LogP contribution >= 0.6 is 0 Å². The van der Waals surface area contributed by atoms with Gasteiger partial charge in [-0.05, 0) is 31.9 Å². The Labute approximate surface area is 97.6 Å². The monoisotopic (exact) mass is 242 g/mol. The first-order valence-electron chi connectivity index (χ1n) is 5.49. The molecule has 4 heteroatoms. The quantitative estimate of drug-likeness (QED) is 0.746. The second kappa shape index (κ2) is 5.46. The maximum Gasteiger partial charge on any atom is 0.297 e. The van der Waals surface area contributed by atoms with E-state index in [1.807, 2.05) is 20.8 Å². The summed E-state index contributed by atoms with van der Waals surface area (Å²) in [5.41, 5.74) is 1.03. The van der Waals surface area contributed by atoms with E-state index in [9.17, 15) is 8.42 Å². The summed E-state index contributed by atoms with van der Waals surface area (Å²) in [5, 5.41) is 0. The van der Waals surface area contributed by atoms with E-state index in [1.54, 1.807) is 24.3 Å². The van der Waals surface area contributed by atoms with Gasteiger partial charge in [-0.25, -0.2) is 0 Å². The lowest BCUT2D eigenvalue weighted by molar-refractivity contribution is 0.200. The first kappa shape index (κ1) is 13.2. The average Bonchev–Trinajstić information content (AvgIpc) is 2.26. The van der Waals surface area contributed by atoms with Crippen molar-refractivity contribution in [2.45, 2.75) is 44.6 Å². The molecule has 0 amide bonds. The molecule has 0 aliphatic rings. The van der Waals surface area contributed by atoms with E-state index >= 15 is 0 Å². The van der Waals surface area contributed by atoms with Gasteiger partial charge in [0.2, 0.25) is 0 Å². The Morgan fingerprint density at radius 3 is 2.06 bits per heavy atom. The molecule has 0 bridgehead atoms. The Kier molecular flexibility index (Phi) is 4.50. The minimum atomic E-state index is -3.60. The number of hydrogen-bond donors (Lipinski definition) is 0. The molecule has 0 atom stereocenters. The molecule has 1 aromatic rings. The highest BCUT2D eigenvalue weighted by Gasteiger charge is 2.19. The molecule has 0 saturated carbocycles. The molecule has 0 radical (unpaired) electrons. The smallest absolute Gasteiger partial charge is 0.263 e. The fraction of sp³-hybridized carbons (Fsp3) is 0.500. The van der Waals surface area contributed by atoms with Crippen LogP contribution in [0.5, 0.6) is 0 Å². The van der Waals surface area contributed by atoms with Crippen LogP contribution in [0, 0.1) is 6.92 Å². The Balaban J connectivity index is 2.89. The third-order valence-corrected chi connectivity index (χ3v) is 3.86. The lowest BCUT2D eigenvalue weighted by Gasteiger charge is -2.13. The zero-order chi connectivity index (χ0) is 12.2. The Hall–Kier alpha value is -0.870. The summed E-state index contributed by atoms with van der Waals surface area (Å²) < 4.78 is 28.8. The van der Waals surface area contributed by atoms with E-state index in [0.29, 0.717) is 12.8 Å². The summed E-state index contributed by atoms with van der Waals surface area (Å²) in [4.78, 5) is 0.227. The van der Waals surface area contributed by atoms with E-state index in [2.05, 4.69) is 0 Å². The van der Waals surface area contributed by atoms with Crippen LogP contribution in [0.2, 0.25) is 0 Å². The third kappa shape index (κ3) is 3.32. The maximum absolute atomic E-state index is 11.8. The second-order valence-electron chi connectivity index (χ2n) is 3.80. The number of benzene rings is 1. The zero-order valence-corrected chi connectivity index (χ0v) is 10.8. The van der Waals surface area contributed by atoms with Crippen molar-refractivity contribution >= 4 is 10.1 Å². The number of hydrogen-bond acceptors (Lipinski definition) is 3. The molecule has 0 fully saturated rings. The molecule has 90 valence electrons. The molecule has 0 N–H and O–H groups in total. The molecule has 0 spiro atoms. The van der Waals surface area contributed by atoms with Gasteiger partial charge in [0, 0.05) is 0 Å². The van der Waals surface area contributed by atoms with Crippen LogP contribution < -0.4 is 0 Å². The Bertz CT molecular complexity index is 416. The van der Waals surface area contributed by atoms with Gasteiger partial charge in [0.1, 0.15) is 0 Å². The van der Waals surface area contributed by atoms with Gasteiger partial charge in [-0.2, -0.15) is 8.42 Å². The molecular weight excluding hydrogens is 224 g/mol. The predicted octanol–water partition coefficient (Wildman–Crippen LogP) is 2.89. The third-order valence-electron chi connectivity index (χ3n) is 2.48. The fourth-order valence-corrected chi connectivity index (χ4v) is 2.58. The standard InChI is InChI=1S/C12H18O3S/c1-4-11(5-2)15-16(13,14)12-8-6-10(3)7-9-12/h6-9,11H,4-5H2,1-3H3. The van der Waals surface area contributed by atoms with Gasteiger partial charge in [0.05, 0.1) is 11.0 Å². The maximum atomic E-state index is 11.8. The molecule has 0 unspecified atom stereocenters. The molecule has 0 aliphatic heterocycles. The fourth-order valence-electron chi connectivity index (χ4n) is 1.36. The molecule has 1 rings (SSSR count). The SMILES string of the molecule is CCC(CC)OS(=O)(=O)c1ccc(C)cc1. The van der Waals surface area contributed by atoms with Crippen molar-refractivity contribution in [2.24, 2.45) is 0 Å². The van der Waals surface area contributed by atoms with Crippen LogP contribution in [0.4, 0.5) is 0 Å². The normalized spacial score (nSPS) is 12.0. The summed E-state index contributed by atoms with van der Waals surface area (Å²) in [5.74, 6) is 0. The average molecular weight is 242 g/mol. The highest BCUT2D eigenvalue weighted by atomic mass is 32.2. The first-order valence-corrected chi connectivity index (χ1v) is 6.90. The van der Waals surface area contributed by atoms with Crippen LogP contribution in [-0.4, -0.2) is 14.5 Å². The van der Waals surface area contributed by atoms with Crippen LogP contribution in [0.15, 0.2) is 29.2 Å². The van der Waals surface area contributed by atoms with Crippen molar-refractivity contribution in [3.8, 4) is 0 Å². The van der Waals surface area contributed by atoms with E-state index < -0.39 is 10.1 Å². The molecule has 0 aliphatic carbocycles. The Morgan fingerprint density at radius 1 is 1.12 bits per heavy atom. The van der Waals surface area contributed by atoms with Crippen molar-refractivity contribution in [3.63, 3.8) is 0 Å². The van der Waals surface area contributed by atoms with Gasteiger partial charge >= 0.3 is 0 Å². The zero-order valence-electron chi connectivity index (χ0n) is 9.93. The van der Waals surface area contributed by atoms with Crippen molar-refractivity contribution in [1.82, 2.24) is 0 Å². The van der Waals surface area contributed by atoms with Crippen molar-refractivity contribution in [1.29, 1.82) is 0 Å². The van der Waals surface area contributed by atoms with Crippen LogP contribution in [0.3, 0.4) is 0 Å². The molecule has 0 heterocycles. The van der Waals surface area contributed by atoms with Crippen LogP contribution in [0.25, 0.3) is 0 Å². The van der Waals surface area contributed by atoms with Gasteiger partial charge in [-0.1, -0.05) is 31.5 Å². The molecule has 16 heavy (non-hydrogen) atoms.